The monoisotopic (exact) mass is 278 g/mol. The van der Waals surface area contributed by atoms with Gasteiger partial charge in [-0.1, -0.05) is 12.1 Å². The molecule has 1 aromatic carbocycles. The van der Waals surface area contributed by atoms with Crippen molar-refractivity contribution in [1.82, 2.24) is 9.55 Å². The van der Waals surface area contributed by atoms with Crippen molar-refractivity contribution >= 4 is 22.6 Å². The van der Waals surface area contributed by atoms with Gasteiger partial charge in [0.1, 0.15) is 5.82 Å². The van der Waals surface area contributed by atoms with Gasteiger partial charge in [0.05, 0.1) is 16.4 Å². The summed E-state index contributed by atoms with van der Waals surface area (Å²) in [6.07, 6.45) is 2.08. The van der Waals surface area contributed by atoms with E-state index in [4.69, 9.17) is 21.3 Å². The summed E-state index contributed by atoms with van der Waals surface area (Å²) in [6, 6.07) is 6.72. The number of imidazole rings is 1. The predicted molar refractivity (Wildman–Crippen MR) is 77.8 cm³/mol. The van der Waals surface area contributed by atoms with Crippen LogP contribution in [-0.4, -0.2) is 22.8 Å². The van der Waals surface area contributed by atoms with E-state index in [9.17, 15) is 0 Å². The first-order valence-corrected chi connectivity index (χ1v) is 7.31. The second kappa shape index (κ2) is 5.14. The number of hydrogen-bond donors (Lipinski definition) is 0. The quantitative estimate of drug-likeness (QED) is 0.777. The Morgan fingerprint density at radius 3 is 2.79 bits per heavy atom. The van der Waals surface area contributed by atoms with Crippen LogP contribution in [0.25, 0.3) is 11.0 Å². The largest absolute Gasteiger partial charge is 0.381 e. The molecule has 0 saturated carbocycles. The molecular weight excluding hydrogens is 260 g/mol. The minimum absolute atomic E-state index is 0.0744. The van der Waals surface area contributed by atoms with Gasteiger partial charge in [0, 0.05) is 19.3 Å². The van der Waals surface area contributed by atoms with Crippen LogP contribution in [0.1, 0.15) is 42.6 Å². The third-order valence-electron chi connectivity index (χ3n) is 3.85. The molecule has 19 heavy (non-hydrogen) atoms. The summed E-state index contributed by atoms with van der Waals surface area (Å²) in [4.78, 5) is 4.74. The van der Waals surface area contributed by atoms with E-state index in [1.165, 1.54) is 11.1 Å². The van der Waals surface area contributed by atoms with E-state index in [2.05, 4.69) is 29.7 Å². The first-order valence-electron chi connectivity index (χ1n) is 6.87. The van der Waals surface area contributed by atoms with Gasteiger partial charge in [0.15, 0.2) is 0 Å². The Bertz CT molecular complexity index is 585. The predicted octanol–water partition coefficient (Wildman–Crippen LogP) is 4.00. The molecule has 1 aliphatic rings. The van der Waals surface area contributed by atoms with Crippen LogP contribution in [0, 0.1) is 6.92 Å². The minimum Gasteiger partial charge on any atom is -0.381 e. The summed E-state index contributed by atoms with van der Waals surface area (Å²) < 4.78 is 7.83. The van der Waals surface area contributed by atoms with E-state index in [0.29, 0.717) is 6.04 Å². The summed E-state index contributed by atoms with van der Waals surface area (Å²) in [6.45, 7) is 5.79. The van der Waals surface area contributed by atoms with Crippen molar-refractivity contribution in [3.8, 4) is 0 Å². The maximum Gasteiger partial charge on any atom is 0.127 e. The lowest BCUT2D eigenvalue weighted by atomic mass is 10.1. The van der Waals surface area contributed by atoms with Crippen LogP contribution in [0.3, 0.4) is 0 Å². The van der Waals surface area contributed by atoms with E-state index < -0.39 is 0 Å². The normalized spacial score (nSPS) is 18.9. The Balaban J connectivity index is 2.20. The zero-order chi connectivity index (χ0) is 13.4. The van der Waals surface area contributed by atoms with Crippen LogP contribution in [0.2, 0.25) is 0 Å². The number of rotatable bonds is 2. The molecule has 1 atom stereocenters. The maximum atomic E-state index is 6.34. The Morgan fingerprint density at radius 1 is 1.37 bits per heavy atom. The second-order valence-electron chi connectivity index (χ2n) is 5.24. The van der Waals surface area contributed by atoms with E-state index in [0.717, 1.165) is 37.4 Å². The van der Waals surface area contributed by atoms with E-state index in [-0.39, 0.29) is 5.38 Å². The lowest BCUT2D eigenvalue weighted by Gasteiger charge is -2.26. The van der Waals surface area contributed by atoms with Gasteiger partial charge >= 0.3 is 0 Å². The van der Waals surface area contributed by atoms with Gasteiger partial charge in [-0.25, -0.2) is 4.98 Å². The van der Waals surface area contributed by atoms with Crippen LogP contribution in [0.5, 0.6) is 0 Å². The fourth-order valence-electron chi connectivity index (χ4n) is 2.93. The molecular formula is C15H19ClN2O. The second-order valence-corrected chi connectivity index (χ2v) is 5.90. The molecule has 0 radical (unpaired) electrons. The van der Waals surface area contributed by atoms with Crippen LogP contribution in [0.15, 0.2) is 18.2 Å². The molecule has 2 aromatic rings. The van der Waals surface area contributed by atoms with Crippen molar-refractivity contribution < 1.29 is 4.74 Å². The highest BCUT2D eigenvalue weighted by molar-refractivity contribution is 6.20. The molecule has 0 N–H and O–H groups in total. The molecule has 1 fully saturated rings. The SMILES string of the molecule is Cc1cccc2nc(C(C)Cl)n(C3CCOCC3)c12. The maximum absolute atomic E-state index is 6.34. The van der Waals surface area contributed by atoms with Crippen molar-refractivity contribution in [2.24, 2.45) is 0 Å². The number of ether oxygens (including phenoxy) is 1. The molecule has 102 valence electrons. The van der Waals surface area contributed by atoms with E-state index in [1.54, 1.807) is 0 Å². The summed E-state index contributed by atoms with van der Waals surface area (Å²) in [7, 11) is 0. The molecule has 0 aliphatic carbocycles. The fourth-order valence-corrected chi connectivity index (χ4v) is 3.09. The molecule has 1 aromatic heterocycles. The topological polar surface area (TPSA) is 27.1 Å². The van der Waals surface area contributed by atoms with Crippen molar-refractivity contribution in [3.63, 3.8) is 0 Å². The van der Waals surface area contributed by atoms with Gasteiger partial charge in [-0.3, -0.25) is 0 Å². The summed E-state index contributed by atoms with van der Waals surface area (Å²) in [5, 5.41) is -0.0744. The average molecular weight is 279 g/mol. The number of benzene rings is 1. The van der Waals surface area contributed by atoms with Crippen molar-refractivity contribution in [3.05, 3.63) is 29.6 Å². The summed E-state index contributed by atoms with van der Waals surface area (Å²) in [5.41, 5.74) is 3.55. The number of aromatic nitrogens is 2. The standard InChI is InChI=1S/C15H19ClN2O/c1-10-4-3-5-13-14(10)18(15(17-13)11(2)16)12-6-8-19-9-7-12/h3-5,11-12H,6-9H2,1-2H3. The molecule has 0 bridgehead atoms. The van der Waals surface area contributed by atoms with E-state index >= 15 is 0 Å². The number of nitrogens with zero attached hydrogens (tertiary/aromatic N) is 2. The first-order chi connectivity index (χ1) is 9.18. The minimum atomic E-state index is -0.0744. The van der Waals surface area contributed by atoms with Crippen LogP contribution in [0.4, 0.5) is 0 Å². The molecule has 0 spiro atoms. The number of para-hydroxylation sites is 1. The van der Waals surface area contributed by atoms with Crippen LogP contribution in [-0.2, 0) is 4.74 Å². The Kier molecular flexibility index (Phi) is 3.50. The Labute approximate surface area is 118 Å². The van der Waals surface area contributed by atoms with Crippen LogP contribution >= 0.6 is 11.6 Å². The van der Waals surface area contributed by atoms with E-state index in [1.807, 2.05) is 6.92 Å². The average Bonchev–Trinajstić information content (AvgIpc) is 2.81. The smallest absolute Gasteiger partial charge is 0.127 e. The lowest BCUT2D eigenvalue weighted by Crippen LogP contribution is -2.21. The zero-order valence-electron chi connectivity index (χ0n) is 11.4. The lowest BCUT2D eigenvalue weighted by molar-refractivity contribution is 0.0698. The van der Waals surface area contributed by atoms with Gasteiger partial charge in [-0.2, -0.15) is 0 Å². The number of halogens is 1. The summed E-state index contributed by atoms with van der Waals surface area (Å²) >= 11 is 6.34. The number of aryl methyl sites for hydroxylation is 1. The van der Waals surface area contributed by atoms with Crippen LogP contribution < -0.4 is 0 Å². The van der Waals surface area contributed by atoms with Gasteiger partial charge in [0.25, 0.3) is 0 Å². The number of alkyl halides is 1. The third-order valence-corrected chi connectivity index (χ3v) is 4.05. The van der Waals surface area contributed by atoms with Gasteiger partial charge < -0.3 is 9.30 Å². The first kappa shape index (κ1) is 12.9. The molecule has 1 unspecified atom stereocenters. The fraction of sp³-hybridized carbons (Fsp3) is 0.533. The molecule has 3 nitrogen and oxygen atoms in total. The zero-order valence-corrected chi connectivity index (χ0v) is 12.2. The highest BCUT2D eigenvalue weighted by atomic mass is 35.5. The summed E-state index contributed by atoms with van der Waals surface area (Å²) in [5.74, 6) is 0.984. The highest BCUT2D eigenvalue weighted by Gasteiger charge is 2.24. The third kappa shape index (κ3) is 2.26. The highest BCUT2D eigenvalue weighted by Crippen LogP contribution is 2.33. The van der Waals surface area contributed by atoms with Gasteiger partial charge in [-0.15, -0.1) is 11.6 Å². The number of hydrogen-bond acceptors (Lipinski definition) is 2. The molecule has 1 saturated heterocycles. The Hall–Kier alpha value is -1.06. The molecule has 1 aliphatic heterocycles. The molecule has 3 rings (SSSR count). The van der Waals surface area contributed by atoms with Crippen molar-refractivity contribution in [1.29, 1.82) is 0 Å². The molecule has 4 heteroatoms. The Morgan fingerprint density at radius 2 is 2.11 bits per heavy atom. The van der Waals surface area contributed by atoms with Gasteiger partial charge in [-0.05, 0) is 38.3 Å². The molecule has 2 heterocycles. The molecule has 0 amide bonds. The van der Waals surface area contributed by atoms with Crippen molar-refractivity contribution in [2.75, 3.05) is 13.2 Å². The van der Waals surface area contributed by atoms with Crippen molar-refractivity contribution in [2.45, 2.75) is 38.1 Å². The van der Waals surface area contributed by atoms with Gasteiger partial charge in [0.2, 0.25) is 0 Å². The number of fused-ring (bicyclic) bond motifs is 1.